The smallest absolute Gasteiger partial charge is 0.213 e. The van der Waals surface area contributed by atoms with Crippen molar-refractivity contribution in [1.29, 1.82) is 5.26 Å². The molecular weight excluding hydrogens is 372 g/mol. The highest BCUT2D eigenvalue weighted by molar-refractivity contribution is 8.14. The number of nitriles is 1. The number of aliphatic imine (C=N–C) groups is 1. The van der Waals surface area contributed by atoms with E-state index in [1.165, 1.54) is 11.8 Å². The van der Waals surface area contributed by atoms with Gasteiger partial charge in [-0.05, 0) is 33.2 Å². The molecule has 0 fully saturated rings. The summed E-state index contributed by atoms with van der Waals surface area (Å²) < 4.78 is 7.40. The lowest BCUT2D eigenvalue weighted by molar-refractivity contribution is 0.254. The van der Waals surface area contributed by atoms with Crippen LogP contribution in [0.15, 0.2) is 46.7 Å². The van der Waals surface area contributed by atoms with Crippen molar-refractivity contribution in [3.05, 3.63) is 42.4 Å². The number of thioether (sulfide) groups is 1. The minimum absolute atomic E-state index is 0.542. The summed E-state index contributed by atoms with van der Waals surface area (Å²) in [6.07, 6.45) is 5.28. The second-order valence-electron chi connectivity index (χ2n) is 6.44. The van der Waals surface area contributed by atoms with E-state index < -0.39 is 0 Å². The number of hydrogen-bond acceptors (Lipinski definition) is 7. The largest absolute Gasteiger partial charge is 0.476 e. The monoisotopic (exact) mass is 394 g/mol. The van der Waals surface area contributed by atoms with Crippen molar-refractivity contribution in [3.63, 3.8) is 0 Å². The van der Waals surface area contributed by atoms with Gasteiger partial charge in [-0.25, -0.2) is 9.50 Å². The molecule has 3 aromatic heterocycles. The van der Waals surface area contributed by atoms with Gasteiger partial charge in [0.25, 0.3) is 0 Å². The summed E-state index contributed by atoms with van der Waals surface area (Å²) in [7, 11) is 5.76. The zero-order valence-corrected chi connectivity index (χ0v) is 17.2. The van der Waals surface area contributed by atoms with Crippen molar-refractivity contribution in [3.8, 4) is 23.1 Å². The van der Waals surface area contributed by atoms with Gasteiger partial charge in [0, 0.05) is 48.1 Å². The maximum absolute atomic E-state index is 9.39. The van der Waals surface area contributed by atoms with Crippen molar-refractivity contribution in [1.82, 2.24) is 19.5 Å². The van der Waals surface area contributed by atoms with Crippen LogP contribution in [-0.4, -0.2) is 58.8 Å². The summed E-state index contributed by atoms with van der Waals surface area (Å²) in [5.41, 5.74) is 3.24. The van der Waals surface area contributed by atoms with Crippen molar-refractivity contribution in [2.45, 2.75) is 11.8 Å². The van der Waals surface area contributed by atoms with Crippen LogP contribution in [0.4, 0.5) is 0 Å². The minimum Gasteiger partial charge on any atom is -0.476 e. The van der Waals surface area contributed by atoms with Gasteiger partial charge in [-0.2, -0.15) is 10.4 Å². The quantitative estimate of drug-likeness (QED) is 0.362. The average Bonchev–Trinajstić information content (AvgIpc) is 3.11. The molecule has 0 unspecified atom stereocenters. The van der Waals surface area contributed by atoms with E-state index in [0.29, 0.717) is 18.1 Å². The number of likely N-dealkylation sites (N-methyl/N-ethyl adjacent to an activating group) is 1. The SMILES string of the molecule is C/N=C(\C)Sc1cc(-c2ccc(OCCN(C)C)nc2)cn2ncc(C#N)c12. The molecule has 8 heteroatoms. The molecule has 3 heterocycles. The Bertz CT molecular complexity index is 1030. The zero-order chi connectivity index (χ0) is 20.1. The fourth-order valence-electron chi connectivity index (χ4n) is 2.58. The number of ether oxygens (including phenoxy) is 1. The molecule has 0 aliphatic rings. The van der Waals surface area contributed by atoms with Gasteiger partial charge in [0.2, 0.25) is 5.88 Å². The number of pyridine rings is 2. The molecule has 0 bridgehead atoms. The molecule has 0 saturated carbocycles. The third-order valence-corrected chi connectivity index (χ3v) is 5.14. The van der Waals surface area contributed by atoms with Crippen LogP contribution in [0.2, 0.25) is 0 Å². The van der Waals surface area contributed by atoms with Crippen molar-refractivity contribution < 1.29 is 4.74 Å². The van der Waals surface area contributed by atoms with Crippen LogP contribution < -0.4 is 4.74 Å². The lowest BCUT2D eigenvalue weighted by Gasteiger charge is -2.11. The van der Waals surface area contributed by atoms with E-state index in [-0.39, 0.29) is 0 Å². The van der Waals surface area contributed by atoms with Gasteiger partial charge in [-0.15, -0.1) is 0 Å². The van der Waals surface area contributed by atoms with Crippen LogP contribution in [0.3, 0.4) is 0 Å². The summed E-state index contributed by atoms with van der Waals surface area (Å²) in [6.45, 7) is 3.36. The van der Waals surface area contributed by atoms with E-state index in [0.717, 1.165) is 33.1 Å². The maximum Gasteiger partial charge on any atom is 0.213 e. The van der Waals surface area contributed by atoms with E-state index in [9.17, 15) is 5.26 Å². The second kappa shape index (κ2) is 8.87. The van der Waals surface area contributed by atoms with Crippen LogP contribution in [0.1, 0.15) is 12.5 Å². The topological polar surface area (TPSA) is 78.8 Å². The van der Waals surface area contributed by atoms with Gasteiger partial charge in [0.15, 0.2) is 0 Å². The number of nitrogens with zero attached hydrogens (tertiary/aromatic N) is 6. The van der Waals surface area contributed by atoms with Crippen LogP contribution in [0.5, 0.6) is 5.88 Å². The highest BCUT2D eigenvalue weighted by Crippen LogP contribution is 2.32. The Hall–Kier alpha value is -2.89. The molecule has 28 heavy (non-hydrogen) atoms. The third-order valence-electron chi connectivity index (χ3n) is 4.13. The standard InChI is InChI=1S/C20H22N6OS/c1-14(22-2)28-18-9-16(13-26-20(18)17(10-21)12-24-26)15-5-6-19(23-11-15)27-8-7-25(3)4/h5-6,9,11-13H,7-8H2,1-4H3/b22-14+. The molecular formula is C20H22N6OS. The summed E-state index contributed by atoms with van der Waals surface area (Å²) >= 11 is 1.52. The van der Waals surface area contributed by atoms with E-state index in [1.54, 1.807) is 24.0 Å². The van der Waals surface area contributed by atoms with Crippen molar-refractivity contribution in [2.75, 3.05) is 34.3 Å². The van der Waals surface area contributed by atoms with E-state index in [1.807, 2.05) is 45.4 Å². The summed E-state index contributed by atoms with van der Waals surface area (Å²) in [6, 6.07) is 8.09. The van der Waals surface area contributed by atoms with Crippen LogP contribution >= 0.6 is 11.8 Å². The number of aromatic nitrogens is 3. The summed E-state index contributed by atoms with van der Waals surface area (Å²) in [5.74, 6) is 0.598. The summed E-state index contributed by atoms with van der Waals surface area (Å²) in [5, 5.41) is 14.6. The first-order chi connectivity index (χ1) is 13.5. The molecule has 3 aromatic rings. The first-order valence-corrected chi connectivity index (χ1v) is 9.60. The van der Waals surface area contributed by atoms with Crippen molar-refractivity contribution >= 4 is 22.3 Å². The van der Waals surface area contributed by atoms with Gasteiger partial charge in [-0.3, -0.25) is 4.99 Å². The van der Waals surface area contributed by atoms with Crippen LogP contribution in [0, 0.1) is 11.3 Å². The Morgan fingerprint density at radius 1 is 1.32 bits per heavy atom. The molecule has 0 aliphatic heterocycles. The Kier molecular flexibility index (Phi) is 6.29. The van der Waals surface area contributed by atoms with Crippen LogP contribution in [0.25, 0.3) is 16.6 Å². The predicted molar refractivity (Wildman–Crippen MR) is 112 cm³/mol. The lowest BCUT2D eigenvalue weighted by atomic mass is 10.1. The lowest BCUT2D eigenvalue weighted by Crippen LogP contribution is -2.19. The van der Waals surface area contributed by atoms with Gasteiger partial charge in [-0.1, -0.05) is 11.8 Å². The Morgan fingerprint density at radius 3 is 2.79 bits per heavy atom. The second-order valence-corrected chi connectivity index (χ2v) is 7.67. The first kappa shape index (κ1) is 19.9. The predicted octanol–water partition coefficient (Wildman–Crippen LogP) is 3.35. The van der Waals surface area contributed by atoms with Gasteiger partial charge < -0.3 is 9.64 Å². The molecule has 0 aromatic carbocycles. The number of hydrogen-bond donors (Lipinski definition) is 0. The Morgan fingerprint density at radius 2 is 2.14 bits per heavy atom. The van der Waals surface area contributed by atoms with Gasteiger partial charge in [0.05, 0.1) is 22.3 Å². The molecule has 0 atom stereocenters. The average molecular weight is 395 g/mol. The van der Waals surface area contributed by atoms with Crippen LogP contribution in [-0.2, 0) is 0 Å². The van der Waals surface area contributed by atoms with E-state index in [2.05, 4.69) is 26.0 Å². The molecule has 3 rings (SSSR count). The molecule has 144 valence electrons. The highest BCUT2D eigenvalue weighted by Gasteiger charge is 2.13. The molecule has 0 amide bonds. The van der Waals surface area contributed by atoms with Gasteiger partial charge in [0.1, 0.15) is 12.7 Å². The van der Waals surface area contributed by atoms with Crippen molar-refractivity contribution in [2.24, 2.45) is 4.99 Å². The maximum atomic E-state index is 9.39. The fraction of sp³-hybridized carbons (Fsp3) is 0.300. The summed E-state index contributed by atoms with van der Waals surface area (Å²) in [4.78, 5) is 11.6. The first-order valence-electron chi connectivity index (χ1n) is 8.78. The Labute approximate surface area is 168 Å². The van der Waals surface area contributed by atoms with E-state index in [4.69, 9.17) is 4.74 Å². The van der Waals surface area contributed by atoms with Gasteiger partial charge >= 0.3 is 0 Å². The van der Waals surface area contributed by atoms with E-state index >= 15 is 0 Å². The highest BCUT2D eigenvalue weighted by atomic mass is 32.2. The molecule has 0 spiro atoms. The fourth-order valence-corrected chi connectivity index (χ4v) is 3.47. The number of fused-ring (bicyclic) bond motifs is 1. The third kappa shape index (κ3) is 4.50. The molecule has 0 radical (unpaired) electrons. The minimum atomic E-state index is 0.542. The Balaban J connectivity index is 1.93. The molecule has 0 saturated heterocycles. The molecule has 0 aliphatic carbocycles. The molecule has 7 nitrogen and oxygen atoms in total. The number of rotatable bonds is 6. The zero-order valence-electron chi connectivity index (χ0n) is 16.4. The molecule has 0 N–H and O–H groups in total. The normalized spacial score (nSPS) is 11.8.